The average Bonchev–Trinajstić information content (AvgIpc) is 2.63. The fourth-order valence-electron chi connectivity index (χ4n) is 0.910. The lowest BCUT2D eigenvalue weighted by Crippen LogP contribution is -1.99. The first kappa shape index (κ1) is 7.54. The second-order valence-corrected chi connectivity index (χ2v) is 3.14. The smallest absolute Gasteiger partial charge is 0.128 e. The maximum atomic E-state index is 4.69. The molecule has 0 fully saturated rings. The van der Waals surface area contributed by atoms with Gasteiger partial charge in [-0.25, -0.2) is 0 Å². The van der Waals surface area contributed by atoms with Gasteiger partial charge < -0.3 is 4.52 Å². The molecule has 0 aliphatic rings. The molecule has 2 aromatic rings. The van der Waals surface area contributed by atoms with Crippen LogP contribution in [0.15, 0.2) is 33.7 Å². The van der Waals surface area contributed by atoms with Crippen LogP contribution in [0.25, 0.3) is 0 Å². The van der Waals surface area contributed by atoms with E-state index in [1.807, 2.05) is 18.3 Å². The lowest BCUT2D eigenvalue weighted by Gasteiger charge is -1.94. The fraction of sp³-hybridized carbons (Fsp3) is 0.143. The second kappa shape index (κ2) is 3.10. The number of aromatic nitrogens is 3. The standard InChI is InChI=1S/C7H6BrN3O/c8-7-1-3-11(9-7)5-6-2-4-12-10-6/h1-4H,5H2. The van der Waals surface area contributed by atoms with Crippen LogP contribution in [0.3, 0.4) is 0 Å². The summed E-state index contributed by atoms with van der Waals surface area (Å²) in [7, 11) is 0. The molecule has 0 spiro atoms. The summed E-state index contributed by atoms with van der Waals surface area (Å²) < 4.78 is 7.30. The highest BCUT2D eigenvalue weighted by Crippen LogP contribution is 2.05. The van der Waals surface area contributed by atoms with E-state index in [-0.39, 0.29) is 0 Å². The number of rotatable bonds is 2. The molecule has 0 saturated heterocycles. The van der Waals surface area contributed by atoms with Gasteiger partial charge in [-0.1, -0.05) is 5.16 Å². The van der Waals surface area contributed by atoms with Gasteiger partial charge in [0.05, 0.1) is 6.54 Å². The third-order valence-corrected chi connectivity index (χ3v) is 1.85. The lowest BCUT2D eigenvalue weighted by molar-refractivity contribution is 0.408. The zero-order valence-electron chi connectivity index (χ0n) is 6.14. The van der Waals surface area contributed by atoms with Crippen LogP contribution in [0.4, 0.5) is 0 Å². The number of hydrogen-bond acceptors (Lipinski definition) is 3. The highest BCUT2D eigenvalue weighted by Gasteiger charge is 1.99. The fourth-order valence-corrected chi connectivity index (χ4v) is 1.23. The summed E-state index contributed by atoms with van der Waals surface area (Å²) in [6, 6.07) is 3.69. The minimum absolute atomic E-state index is 0.641. The van der Waals surface area contributed by atoms with E-state index in [2.05, 4.69) is 26.2 Å². The number of hydrogen-bond donors (Lipinski definition) is 0. The van der Waals surface area contributed by atoms with Crippen LogP contribution in [0.1, 0.15) is 5.69 Å². The molecular formula is C7H6BrN3O. The van der Waals surface area contributed by atoms with E-state index < -0.39 is 0 Å². The predicted octanol–water partition coefficient (Wildman–Crippen LogP) is 1.68. The molecular weight excluding hydrogens is 222 g/mol. The molecule has 0 N–H and O–H groups in total. The van der Waals surface area contributed by atoms with Crippen LogP contribution in [0, 0.1) is 0 Å². The van der Waals surface area contributed by atoms with Crippen LogP contribution >= 0.6 is 15.9 Å². The molecule has 0 bridgehead atoms. The predicted molar refractivity (Wildman–Crippen MR) is 45.5 cm³/mol. The third-order valence-electron chi connectivity index (χ3n) is 1.42. The first-order chi connectivity index (χ1) is 5.84. The molecule has 0 aromatic carbocycles. The first-order valence-electron chi connectivity index (χ1n) is 3.43. The van der Waals surface area contributed by atoms with E-state index in [4.69, 9.17) is 4.52 Å². The van der Waals surface area contributed by atoms with Crippen molar-refractivity contribution in [2.24, 2.45) is 0 Å². The van der Waals surface area contributed by atoms with Gasteiger partial charge in [-0.2, -0.15) is 5.10 Å². The Morgan fingerprint density at radius 2 is 2.42 bits per heavy atom. The highest BCUT2D eigenvalue weighted by molar-refractivity contribution is 9.10. The minimum atomic E-state index is 0.641. The van der Waals surface area contributed by atoms with E-state index >= 15 is 0 Å². The zero-order valence-corrected chi connectivity index (χ0v) is 7.73. The van der Waals surface area contributed by atoms with E-state index in [0.29, 0.717) is 6.54 Å². The SMILES string of the molecule is Brc1ccn(Cc2ccon2)n1. The van der Waals surface area contributed by atoms with Gasteiger partial charge in [0.2, 0.25) is 0 Å². The van der Waals surface area contributed by atoms with E-state index in [1.165, 1.54) is 0 Å². The molecule has 0 aliphatic carbocycles. The van der Waals surface area contributed by atoms with Gasteiger partial charge in [0.1, 0.15) is 16.6 Å². The van der Waals surface area contributed by atoms with Crippen LogP contribution < -0.4 is 0 Å². The maximum Gasteiger partial charge on any atom is 0.128 e. The summed E-state index contributed by atoms with van der Waals surface area (Å²) in [5.74, 6) is 0. The Hall–Kier alpha value is -1.10. The Morgan fingerprint density at radius 3 is 3.00 bits per heavy atom. The molecule has 0 atom stereocenters. The van der Waals surface area contributed by atoms with Crippen molar-refractivity contribution in [1.82, 2.24) is 14.9 Å². The van der Waals surface area contributed by atoms with Crippen molar-refractivity contribution in [2.75, 3.05) is 0 Å². The number of halogens is 1. The van der Waals surface area contributed by atoms with Gasteiger partial charge >= 0.3 is 0 Å². The molecule has 2 rings (SSSR count). The van der Waals surface area contributed by atoms with Crippen LogP contribution in [-0.2, 0) is 6.54 Å². The third kappa shape index (κ3) is 1.55. The van der Waals surface area contributed by atoms with Crippen LogP contribution in [0.5, 0.6) is 0 Å². The zero-order chi connectivity index (χ0) is 8.39. The molecule has 0 unspecified atom stereocenters. The van der Waals surface area contributed by atoms with Crippen molar-refractivity contribution in [3.63, 3.8) is 0 Å². The molecule has 0 saturated carbocycles. The van der Waals surface area contributed by atoms with Gasteiger partial charge in [-0.05, 0) is 22.0 Å². The Kier molecular flexibility index (Phi) is 1.95. The van der Waals surface area contributed by atoms with Gasteiger partial charge in [0, 0.05) is 12.3 Å². The summed E-state index contributed by atoms with van der Waals surface area (Å²) in [6.45, 7) is 0.641. The second-order valence-electron chi connectivity index (χ2n) is 2.33. The molecule has 2 aromatic heterocycles. The van der Waals surface area contributed by atoms with Gasteiger partial charge in [0.25, 0.3) is 0 Å². The molecule has 5 heteroatoms. The van der Waals surface area contributed by atoms with Crippen molar-refractivity contribution < 1.29 is 4.52 Å². The Balaban J connectivity index is 2.14. The quantitative estimate of drug-likeness (QED) is 0.785. The summed E-state index contributed by atoms with van der Waals surface area (Å²) in [5.41, 5.74) is 0.866. The molecule has 2 heterocycles. The summed E-state index contributed by atoms with van der Waals surface area (Å²) >= 11 is 3.26. The molecule has 12 heavy (non-hydrogen) atoms. The average molecular weight is 228 g/mol. The Morgan fingerprint density at radius 1 is 1.50 bits per heavy atom. The van der Waals surface area contributed by atoms with E-state index in [0.717, 1.165) is 10.3 Å². The lowest BCUT2D eigenvalue weighted by atomic mass is 10.4. The monoisotopic (exact) mass is 227 g/mol. The van der Waals surface area contributed by atoms with Gasteiger partial charge in [-0.15, -0.1) is 0 Å². The van der Waals surface area contributed by atoms with Crippen molar-refractivity contribution in [1.29, 1.82) is 0 Å². The number of nitrogens with zero attached hydrogens (tertiary/aromatic N) is 3. The molecule has 4 nitrogen and oxygen atoms in total. The molecule has 0 amide bonds. The minimum Gasteiger partial charge on any atom is -0.364 e. The summed E-state index contributed by atoms with van der Waals surface area (Å²) in [6.07, 6.45) is 3.42. The molecule has 0 aliphatic heterocycles. The Bertz CT molecular complexity index is 354. The summed E-state index contributed by atoms with van der Waals surface area (Å²) in [5, 5.41) is 7.91. The Labute approximate surface area is 77.3 Å². The maximum absolute atomic E-state index is 4.69. The van der Waals surface area contributed by atoms with Crippen molar-refractivity contribution in [3.05, 3.63) is 34.9 Å². The van der Waals surface area contributed by atoms with E-state index in [9.17, 15) is 0 Å². The van der Waals surface area contributed by atoms with E-state index in [1.54, 1.807) is 10.9 Å². The van der Waals surface area contributed by atoms with Crippen LogP contribution in [-0.4, -0.2) is 14.9 Å². The molecule has 0 radical (unpaired) electrons. The largest absolute Gasteiger partial charge is 0.364 e. The summed E-state index contributed by atoms with van der Waals surface area (Å²) in [4.78, 5) is 0. The highest BCUT2D eigenvalue weighted by atomic mass is 79.9. The van der Waals surface area contributed by atoms with Gasteiger partial charge in [-0.3, -0.25) is 4.68 Å². The van der Waals surface area contributed by atoms with Gasteiger partial charge in [0.15, 0.2) is 0 Å². The molecule has 62 valence electrons. The van der Waals surface area contributed by atoms with Crippen molar-refractivity contribution in [2.45, 2.75) is 6.54 Å². The topological polar surface area (TPSA) is 43.9 Å². The van der Waals surface area contributed by atoms with Crippen LogP contribution in [0.2, 0.25) is 0 Å². The van der Waals surface area contributed by atoms with Crippen molar-refractivity contribution in [3.8, 4) is 0 Å². The van der Waals surface area contributed by atoms with Crippen molar-refractivity contribution >= 4 is 15.9 Å². The first-order valence-corrected chi connectivity index (χ1v) is 4.22. The normalized spacial score (nSPS) is 10.4.